The van der Waals surface area contributed by atoms with Crippen molar-refractivity contribution in [3.05, 3.63) is 48.3 Å². The van der Waals surface area contributed by atoms with Gasteiger partial charge < -0.3 is 14.7 Å². The molecule has 0 saturated carbocycles. The lowest BCUT2D eigenvalue weighted by molar-refractivity contribution is 0.169. The van der Waals surface area contributed by atoms with Gasteiger partial charge in [-0.2, -0.15) is 0 Å². The quantitative estimate of drug-likeness (QED) is 0.907. The molecule has 0 radical (unpaired) electrons. The third kappa shape index (κ3) is 3.08. The summed E-state index contributed by atoms with van der Waals surface area (Å²) in [6, 6.07) is 11.7. The number of rotatable bonds is 5. The largest absolute Gasteiger partial charge is 0.497 e. The van der Waals surface area contributed by atoms with Gasteiger partial charge in [-0.25, -0.2) is 0 Å². The van der Waals surface area contributed by atoms with E-state index in [-0.39, 0.29) is 0 Å². The van der Waals surface area contributed by atoms with Crippen molar-refractivity contribution in [3.8, 4) is 5.75 Å². The van der Waals surface area contributed by atoms with E-state index in [0.717, 1.165) is 17.1 Å². The van der Waals surface area contributed by atoms with E-state index in [2.05, 4.69) is 4.98 Å². The van der Waals surface area contributed by atoms with Crippen molar-refractivity contribution >= 4 is 11.4 Å². The molecule has 0 aliphatic heterocycles. The van der Waals surface area contributed by atoms with Crippen LogP contribution in [0, 0.1) is 0 Å². The van der Waals surface area contributed by atoms with E-state index < -0.39 is 6.10 Å². The maximum Gasteiger partial charge on any atom is 0.120 e. The number of aliphatic hydroxyl groups excluding tert-OH is 1. The molecule has 1 aromatic heterocycles. The van der Waals surface area contributed by atoms with Gasteiger partial charge in [0.1, 0.15) is 5.75 Å². The third-order valence-electron chi connectivity index (χ3n) is 3.33. The third-order valence-corrected chi connectivity index (χ3v) is 3.33. The average Bonchev–Trinajstić information content (AvgIpc) is 2.53. The monoisotopic (exact) mass is 272 g/mol. The first-order valence-electron chi connectivity index (χ1n) is 6.67. The van der Waals surface area contributed by atoms with Gasteiger partial charge in [0.05, 0.1) is 30.8 Å². The number of benzene rings is 1. The number of aromatic nitrogens is 1. The molecule has 1 atom stereocenters. The van der Waals surface area contributed by atoms with Crippen LogP contribution in [0.25, 0.3) is 0 Å². The maximum absolute atomic E-state index is 9.75. The summed E-state index contributed by atoms with van der Waals surface area (Å²) in [6.07, 6.45) is 1.94. The number of nitrogens with zero attached hydrogens (tertiary/aromatic N) is 2. The minimum Gasteiger partial charge on any atom is -0.497 e. The fourth-order valence-electron chi connectivity index (χ4n) is 1.97. The number of aliphatic hydroxyl groups is 1. The second-order valence-corrected chi connectivity index (χ2v) is 4.63. The summed E-state index contributed by atoms with van der Waals surface area (Å²) < 4.78 is 5.23. The lowest BCUT2D eigenvalue weighted by Gasteiger charge is -2.20. The molecule has 0 saturated heterocycles. The molecule has 0 spiro atoms. The van der Waals surface area contributed by atoms with E-state index in [1.807, 2.05) is 55.3 Å². The Labute approximate surface area is 119 Å². The fraction of sp³-hybridized carbons (Fsp3) is 0.312. The summed E-state index contributed by atoms with van der Waals surface area (Å²) in [4.78, 5) is 6.34. The molecule has 4 heteroatoms. The molecule has 1 aromatic carbocycles. The van der Waals surface area contributed by atoms with Crippen LogP contribution in [0.1, 0.15) is 25.1 Å². The molecule has 106 valence electrons. The van der Waals surface area contributed by atoms with Crippen molar-refractivity contribution in [1.29, 1.82) is 0 Å². The average molecular weight is 272 g/mol. The van der Waals surface area contributed by atoms with E-state index in [1.54, 1.807) is 13.3 Å². The van der Waals surface area contributed by atoms with Crippen LogP contribution in [-0.2, 0) is 0 Å². The highest BCUT2D eigenvalue weighted by molar-refractivity contribution is 5.63. The van der Waals surface area contributed by atoms with E-state index in [4.69, 9.17) is 4.74 Å². The van der Waals surface area contributed by atoms with Crippen molar-refractivity contribution in [1.82, 2.24) is 4.98 Å². The molecule has 1 unspecified atom stereocenters. The molecule has 4 nitrogen and oxygen atoms in total. The molecule has 0 fully saturated rings. The minimum absolute atomic E-state index is 0.494. The van der Waals surface area contributed by atoms with Crippen molar-refractivity contribution in [2.24, 2.45) is 0 Å². The molecule has 1 N–H and O–H groups in total. The van der Waals surface area contributed by atoms with Crippen LogP contribution in [0.5, 0.6) is 5.75 Å². The van der Waals surface area contributed by atoms with E-state index in [1.165, 1.54) is 0 Å². The molecule has 0 bridgehead atoms. The van der Waals surface area contributed by atoms with E-state index in [0.29, 0.717) is 12.1 Å². The molecule has 2 rings (SSSR count). The van der Waals surface area contributed by atoms with Gasteiger partial charge >= 0.3 is 0 Å². The van der Waals surface area contributed by atoms with Crippen molar-refractivity contribution in [2.45, 2.75) is 19.4 Å². The van der Waals surface area contributed by atoms with E-state index >= 15 is 0 Å². The predicted molar refractivity (Wildman–Crippen MR) is 80.5 cm³/mol. The van der Waals surface area contributed by atoms with Crippen molar-refractivity contribution in [3.63, 3.8) is 0 Å². The van der Waals surface area contributed by atoms with Crippen LogP contribution in [0.4, 0.5) is 11.4 Å². The Kier molecular flexibility index (Phi) is 4.58. The zero-order valence-electron chi connectivity index (χ0n) is 12.1. The summed E-state index contributed by atoms with van der Waals surface area (Å²) in [5.74, 6) is 0.820. The van der Waals surface area contributed by atoms with Crippen LogP contribution in [-0.4, -0.2) is 24.2 Å². The van der Waals surface area contributed by atoms with Gasteiger partial charge in [0.25, 0.3) is 0 Å². The molecule has 20 heavy (non-hydrogen) atoms. The number of anilines is 2. The summed E-state index contributed by atoms with van der Waals surface area (Å²) in [5.41, 5.74) is 2.69. The van der Waals surface area contributed by atoms with Gasteiger partial charge in [-0.1, -0.05) is 13.0 Å². The van der Waals surface area contributed by atoms with Gasteiger partial charge in [-0.05, 0) is 30.7 Å². The first kappa shape index (κ1) is 14.3. The molecule has 1 heterocycles. The predicted octanol–water partition coefficient (Wildman–Crippen LogP) is 3.30. The fourth-order valence-corrected chi connectivity index (χ4v) is 1.97. The summed E-state index contributed by atoms with van der Waals surface area (Å²) in [7, 11) is 3.63. The second-order valence-electron chi connectivity index (χ2n) is 4.63. The zero-order valence-corrected chi connectivity index (χ0v) is 12.1. The highest BCUT2D eigenvalue weighted by atomic mass is 16.5. The Morgan fingerprint density at radius 2 is 2.05 bits per heavy atom. The zero-order chi connectivity index (χ0) is 14.5. The molecular formula is C16H20N2O2. The number of hydrogen-bond donors (Lipinski definition) is 1. The van der Waals surface area contributed by atoms with E-state index in [9.17, 15) is 5.11 Å². The summed E-state index contributed by atoms with van der Waals surface area (Å²) >= 11 is 0. The number of methoxy groups -OCH3 is 1. The van der Waals surface area contributed by atoms with Crippen LogP contribution in [0.15, 0.2) is 42.6 Å². The Balaban J connectivity index is 2.22. The smallest absolute Gasteiger partial charge is 0.120 e. The van der Waals surface area contributed by atoms with Crippen molar-refractivity contribution in [2.75, 3.05) is 19.1 Å². The molecular weight excluding hydrogens is 252 g/mol. The molecule has 0 aliphatic rings. The van der Waals surface area contributed by atoms with Crippen LogP contribution in [0.2, 0.25) is 0 Å². The lowest BCUT2D eigenvalue weighted by atomic mass is 10.2. The number of pyridine rings is 1. The molecule has 0 aliphatic carbocycles. The standard InChI is InChI=1S/C16H20N2O2/c1-4-16(19)15-9-8-13(11-17-15)18(2)12-6-5-7-14(10-12)20-3/h5-11,16,19H,4H2,1-3H3. The first-order chi connectivity index (χ1) is 9.65. The topological polar surface area (TPSA) is 45.6 Å². The SMILES string of the molecule is CCC(O)c1ccc(N(C)c2cccc(OC)c2)cn1. The van der Waals surface area contributed by atoms with Crippen LogP contribution in [0.3, 0.4) is 0 Å². The van der Waals surface area contributed by atoms with Gasteiger partial charge in [-0.15, -0.1) is 0 Å². The van der Waals surface area contributed by atoms with Crippen LogP contribution >= 0.6 is 0 Å². The van der Waals surface area contributed by atoms with Gasteiger partial charge in [0.15, 0.2) is 0 Å². The van der Waals surface area contributed by atoms with Gasteiger partial charge in [-0.3, -0.25) is 4.98 Å². The molecule has 0 amide bonds. The normalized spacial score (nSPS) is 12.0. The first-order valence-corrected chi connectivity index (χ1v) is 6.67. The second kappa shape index (κ2) is 6.39. The van der Waals surface area contributed by atoms with Gasteiger partial charge in [0.2, 0.25) is 0 Å². The highest BCUT2D eigenvalue weighted by Crippen LogP contribution is 2.27. The summed E-state index contributed by atoms with van der Waals surface area (Å²) in [5, 5.41) is 9.75. The lowest BCUT2D eigenvalue weighted by Crippen LogP contribution is -2.10. The number of ether oxygens (including phenoxy) is 1. The number of hydrogen-bond acceptors (Lipinski definition) is 4. The summed E-state index contributed by atoms with van der Waals surface area (Å²) in [6.45, 7) is 1.93. The maximum atomic E-state index is 9.75. The Hall–Kier alpha value is -2.07. The Morgan fingerprint density at radius 3 is 2.65 bits per heavy atom. The molecule has 2 aromatic rings. The van der Waals surface area contributed by atoms with Crippen molar-refractivity contribution < 1.29 is 9.84 Å². The van der Waals surface area contributed by atoms with Gasteiger partial charge in [0, 0.05) is 18.8 Å². The highest BCUT2D eigenvalue weighted by Gasteiger charge is 2.09. The Morgan fingerprint density at radius 1 is 1.25 bits per heavy atom. The van der Waals surface area contributed by atoms with Crippen LogP contribution < -0.4 is 9.64 Å². The Bertz CT molecular complexity index is 555. The minimum atomic E-state index is -0.494.